The van der Waals surface area contributed by atoms with Gasteiger partial charge in [-0.3, -0.25) is 4.79 Å². The van der Waals surface area contributed by atoms with Crippen LogP contribution in [-0.2, 0) is 0 Å². The highest BCUT2D eigenvalue weighted by atomic mass is 35.5. The van der Waals surface area contributed by atoms with Crippen molar-refractivity contribution in [3.05, 3.63) is 28.9 Å². The second kappa shape index (κ2) is 6.26. The molecule has 21 heavy (non-hydrogen) atoms. The first-order valence-corrected chi connectivity index (χ1v) is 7.19. The summed E-state index contributed by atoms with van der Waals surface area (Å²) in [6, 6.07) is 3.59. The molecule has 2 heterocycles. The van der Waals surface area contributed by atoms with Crippen molar-refractivity contribution in [1.29, 1.82) is 0 Å². The molecule has 0 atom stereocenters. The Hall–Kier alpha value is -1.88. The number of hydrogen-bond donors (Lipinski definition) is 1. The predicted molar refractivity (Wildman–Crippen MR) is 85.9 cm³/mol. The van der Waals surface area contributed by atoms with Crippen LogP contribution < -0.4 is 5.32 Å². The standard InChI is InChI=1S/C15H19ClN4O/c1-9(2)8-18-14-11(15(21)20(3)4)12(16)10-6-5-7-17-13(10)19-14/h5-7,9H,8H2,1-4H3,(H,17,18,19). The van der Waals surface area contributed by atoms with Gasteiger partial charge in [0.2, 0.25) is 0 Å². The fourth-order valence-electron chi connectivity index (χ4n) is 1.91. The van der Waals surface area contributed by atoms with E-state index in [4.69, 9.17) is 11.6 Å². The molecule has 2 rings (SSSR count). The van der Waals surface area contributed by atoms with Gasteiger partial charge in [0.05, 0.1) is 5.02 Å². The Balaban J connectivity index is 2.62. The Morgan fingerprint density at radius 1 is 1.43 bits per heavy atom. The lowest BCUT2D eigenvalue weighted by Gasteiger charge is -2.17. The highest BCUT2D eigenvalue weighted by Gasteiger charge is 2.22. The highest BCUT2D eigenvalue weighted by Crippen LogP contribution is 2.30. The fourth-order valence-corrected chi connectivity index (χ4v) is 2.22. The Labute approximate surface area is 129 Å². The molecule has 5 nitrogen and oxygen atoms in total. The minimum atomic E-state index is -0.176. The number of rotatable bonds is 4. The number of nitrogens with zero attached hydrogens (tertiary/aromatic N) is 3. The van der Waals surface area contributed by atoms with Gasteiger partial charge in [-0.15, -0.1) is 0 Å². The number of fused-ring (bicyclic) bond motifs is 1. The lowest BCUT2D eigenvalue weighted by atomic mass is 10.1. The minimum Gasteiger partial charge on any atom is -0.369 e. The zero-order valence-electron chi connectivity index (χ0n) is 12.6. The predicted octanol–water partition coefficient (Wildman–Crippen LogP) is 3.05. The van der Waals surface area contributed by atoms with E-state index in [1.807, 2.05) is 6.07 Å². The van der Waals surface area contributed by atoms with Crippen molar-refractivity contribution in [3.63, 3.8) is 0 Å². The van der Waals surface area contributed by atoms with Crippen LogP contribution in [0.4, 0.5) is 5.82 Å². The van der Waals surface area contributed by atoms with Gasteiger partial charge in [0.25, 0.3) is 5.91 Å². The summed E-state index contributed by atoms with van der Waals surface area (Å²) >= 11 is 6.43. The second-order valence-corrected chi connectivity index (χ2v) is 5.88. The van der Waals surface area contributed by atoms with E-state index in [9.17, 15) is 4.79 Å². The Bertz CT molecular complexity index is 670. The van der Waals surface area contributed by atoms with Crippen LogP contribution >= 0.6 is 11.6 Å². The molecule has 2 aromatic heterocycles. The Morgan fingerprint density at radius 2 is 2.14 bits per heavy atom. The average Bonchev–Trinajstić information content (AvgIpc) is 2.44. The van der Waals surface area contributed by atoms with E-state index in [1.165, 1.54) is 4.90 Å². The van der Waals surface area contributed by atoms with Crippen LogP contribution in [0, 0.1) is 5.92 Å². The molecule has 0 unspecified atom stereocenters. The van der Waals surface area contributed by atoms with E-state index in [0.717, 1.165) is 0 Å². The van der Waals surface area contributed by atoms with Crippen molar-refractivity contribution in [1.82, 2.24) is 14.9 Å². The summed E-state index contributed by atoms with van der Waals surface area (Å²) in [6.45, 7) is 4.87. The summed E-state index contributed by atoms with van der Waals surface area (Å²) in [5.41, 5.74) is 0.923. The maximum absolute atomic E-state index is 12.4. The van der Waals surface area contributed by atoms with Crippen molar-refractivity contribution in [3.8, 4) is 0 Å². The summed E-state index contributed by atoms with van der Waals surface area (Å²) in [5.74, 6) is 0.732. The van der Waals surface area contributed by atoms with E-state index in [1.54, 1.807) is 26.4 Å². The van der Waals surface area contributed by atoms with Crippen LogP contribution in [0.2, 0.25) is 5.02 Å². The maximum atomic E-state index is 12.4. The Morgan fingerprint density at radius 3 is 2.76 bits per heavy atom. The van der Waals surface area contributed by atoms with Crippen LogP contribution in [0.1, 0.15) is 24.2 Å². The largest absolute Gasteiger partial charge is 0.369 e. The first-order valence-electron chi connectivity index (χ1n) is 6.81. The molecule has 0 saturated heterocycles. The average molecular weight is 307 g/mol. The number of hydrogen-bond acceptors (Lipinski definition) is 4. The second-order valence-electron chi connectivity index (χ2n) is 5.50. The number of carbonyl (C=O) groups excluding carboxylic acids is 1. The molecule has 0 spiro atoms. The number of nitrogens with one attached hydrogen (secondary N) is 1. The normalized spacial score (nSPS) is 11.0. The molecule has 6 heteroatoms. The summed E-state index contributed by atoms with van der Waals surface area (Å²) in [7, 11) is 3.39. The van der Waals surface area contributed by atoms with Crippen molar-refractivity contribution in [2.45, 2.75) is 13.8 Å². The van der Waals surface area contributed by atoms with Gasteiger partial charge >= 0.3 is 0 Å². The first kappa shape index (κ1) is 15.5. The van der Waals surface area contributed by atoms with Gasteiger partial charge in [-0.1, -0.05) is 25.4 Å². The van der Waals surface area contributed by atoms with Gasteiger partial charge in [0.1, 0.15) is 11.4 Å². The van der Waals surface area contributed by atoms with Crippen molar-refractivity contribution in [2.24, 2.45) is 5.92 Å². The number of carbonyl (C=O) groups is 1. The fraction of sp³-hybridized carbons (Fsp3) is 0.400. The smallest absolute Gasteiger partial charge is 0.258 e. The van der Waals surface area contributed by atoms with E-state index in [0.29, 0.717) is 39.9 Å². The van der Waals surface area contributed by atoms with Gasteiger partial charge in [0, 0.05) is 32.2 Å². The molecule has 0 bridgehead atoms. The van der Waals surface area contributed by atoms with E-state index < -0.39 is 0 Å². The molecule has 0 aliphatic rings. The number of halogens is 1. The number of anilines is 1. The molecule has 0 aliphatic carbocycles. The van der Waals surface area contributed by atoms with Crippen LogP contribution in [0.3, 0.4) is 0 Å². The quantitative estimate of drug-likeness (QED) is 0.943. The Kier molecular flexibility index (Phi) is 4.63. The van der Waals surface area contributed by atoms with Crippen LogP contribution in [0.25, 0.3) is 11.0 Å². The van der Waals surface area contributed by atoms with E-state index >= 15 is 0 Å². The van der Waals surface area contributed by atoms with Crippen LogP contribution in [0.5, 0.6) is 0 Å². The molecule has 112 valence electrons. The third-order valence-corrected chi connectivity index (χ3v) is 3.39. The molecule has 0 radical (unpaired) electrons. The maximum Gasteiger partial charge on any atom is 0.258 e. The molecular formula is C15H19ClN4O. The topological polar surface area (TPSA) is 58.1 Å². The summed E-state index contributed by atoms with van der Waals surface area (Å²) in [5, 5.41) is 4.27. The minimum absolute atomic E-state index is 0.176. The van der Waals surface area contributed by atoms with Crippen LogP contribution in [0.15, 0.2) is 18.3 Å². The van der Waals surface area contributed by atoms with Crippen LogP contribution in [-0.4, -0.2) is 41.4 Å². The highest BCUT2D eigenvalue weighted by molar-refractivity contribution is 6.39. The zero-order valence-corrected chi connectivity index (χ0v) is 13.4. The SMILES string of the molecule is CC(C)CNc1nc2ncccc2c(Cl)c1C(=O)N(C)C. The summed E-state index contributed by atoms with van der Waals surface area (Å²) in [4.78, 5) is 22.6. The molecule has 0 fully saturated rings. The first-order chi connectivity index (χ1) is 9.91. The van der Waals surface area contributed by atoms with Crippen molar-refractivity contribution in [2.75, 3.05) is 26.0 Å². The van der Waals surface area contributed by atoms with Gasteiger partial charge in [0.15, 0.2) is 5.65 Å². The molecule has 1 amide bonds. The van der Waals surface area contributed by atoms with E-state index in [-0.39, 0.29) is 5.91 Å². The molecular weight excluding hydrogens is 288 g/mol. The molecule has 0 saturated carbocycles. The molecule has 1 N–H and O–H groups in total. The van der Waals surface area contributed by atoms with Crippen molar-refractivity contribution >= 4 is 34.4 Å². The zero-order chi connectivity index (χ0) is 15.6. The number of amides is 1. The summed E-state index contributed by atoms with van der Waals surface area (Å²) in [6.07, 6.45) is 1.66. The van der Waals surface area contributed by atoms with Gasteiger partial charge < -0.3 is 10.2 Å². The number of aromatic nitrogens is 2. The third kappa shape index (κ3) is 3.24. The monoisotopic (exact) mass is 306 g/mol. The van der Waals surface area contributed by atoms with Gasteiger partial charge in [-0.2, -0.15) is 0 Å². The summed E-state index contributed by atoms with van der Waals surface area (Å²) < 4.78 is 0. The van der Waals surface area contributed by atoms with Crippen molar-refractivity contribution < 1.29 is 4.79 Å². The van der Waals surface area contributed by atoms with E-state index in [2.05, 4.69) is 29.1 Å². The van der Waals surface area contributed by atoms with Gasteiger partial charge in [-0.05, 0) is 18.1 Å². The lowest BCUT2D eigenvalue weighted by Crippen LogP contribution is -2.24. The lowest BCUT2D eigenvalue weighted by molar-refractivity contribution is 0.0828. The number of pyridine rings is 2. The third-order valence-electron chi connectivity index (χ3n) is 2.99. The van der Waals surface area contributed by atoms with Gasteiger partial charge in [-0.25, -0.2) is 9.97 Å². The molecule has 0 aliphatic heterocycles. The molecule has 2 aromatic rings. The molecule has 0 aromatic carbocycles.